The highest BCUT2D eigenvalue weighted by Gasteiger charge is 2.46. The summed E-state index contributed by atoms with van der Waals surface area (Å²) in [7, 11) is 0. The molecule has 2 aromatic rings. The summed E-state index contributed by atoms with van der Waals surface area (Å²) in [6.45, 7) is 2.52. The molecule has 0 aliphatic carbocycles. The Kier molecular flexibility index (Phi) is 8.81. The molecular formula is C30H37N3O5. The number of carbonyl (C=O) groups is 4. The van der Waals surface area contributed by atoms with Crippen molar-refractivity contribution in [3.63, 3.8) is 0 Å². The zero-order chi connectivity index (χ0) is 27.1. The second kappa shape index (κ2) is 12.2. The van der Waals surface area contributed by atoms with Crippen molar-refractivity contribution in [2.75, 3.05) is 13.1 Å². The van der Waals surface area contributed by atoms with Gasteiger partial charge in [0.25, 0.3) is 0 Å². The maximum absolute atomic E-state index is 13.8. The van der Waals surface area contributed by atoms with Gasteiger partial charge in [-0.3, -0.25) is 14.4 Å². The fourth-order valence-corrected chi connectivity index (χ4v) is 5.69. The van der Waals surface area contributed by atoms with Crippen molar-refractivity contribution >= 4 is 23.7 Å². The lowest BCUT2D eigenvalue weighted by molar-refractivity contribution is -0.152. The van der Waals surface area contributed by atoms with Gasteiger partial charge in [0.2, 0.25) is 17.7 Å². The number of nitrogens with one attached hydrogen (secondary N) is 1. The van der Waals surface area contributed by atoms with Gasteiger partial charge in [0.15, 0.2) is 0 Å². The van der Waals surface area contributed by atoms with Gasteiger partial charge in [-0.1, -0.05) is 60.7 Å². The number of carbonyl (C=O) groups excluding carboxylic acids is 3. The van der Waals surface area contributed by atoms with Crippen molar-refractivity contribution in [3.8, 4) is 0 Å². The SMILES string of the molecule is CC(Cc1ccccc1)(NC(=O)[C@@H]1CCCN1C(=O)CCCc1ccccc1)C(=O)N1CCC[C@H]1C(=O)O. The number of amides is 3. The molecule has 2 N–H and O–H groups in total. The summed E-state index contributed by atoms with van der Waals surface area (Å²) < 4.78 is 0. The van der Waals surface area contributed by atoms with Gasteiger partial charge >= 0.3 is 5.97 Å². The van der Waals surface area contributed by atoms with Crippen LogP contribution in [0.4, 0.5) is 0 Å². The first-order valence-corrected chi connectivity index (χ1v) is 13.5. The smallest absolute Gasteiger partial charge is 0.326 e. The minimum atomic E-state index is -1.35. The summed E-state index contributed by atoms with van der Waals surface area (Å²) in [4.78, 5) is 55.3. The second-order valence-corrected chi connectivity index (χ2v) is 10.6. The first-order valence-electron chi connectivity index (χ1n) is 13.5. The highest BCUT2D eigenvalue weighted by atomic mass is 16.4. The Hall–Kier alpha value is -3.68. The van der Waals surface area contributed by atoms with Gasteiger partial charge < -0.3 is 20.2 Å². The molecule has 1 unspecified atom stereocenters. The summed E-state index contributed by atoms with van der Waals surface area (Å²) in [5, 5.41) is 12.6. The average Bonchev–Trinajstić information content (AvgIpc) is 3.60. The molecule has 0 spiro atoms. The molecule has 0 saturated carbocycles. The van der Waals surface area contributed by atoms with Crippen LogP contribution in [0.2, 0.25) is 0 Å². The number of nitrogens with zero attached hydrogens (tertiary/aromatic N) is 2. The van der Waals surface area contributed by atoms with Gasteiger partial charge in [0.1, 0.15) is 17.6 Å². The standard InChI is InChI=1S/C30H37N3O5/c1-30(21-23-13-6-3-7-14-23,29(38)33-20-10-17-25(33)28(36)37)31-27(35)24-16-9-19-32(24)26(34)18-8-15-22-11-4-2-5-12-22/h2-7,11-14,24-25H,8-10,15-21H2,1H3,(H,31,35)(H,36,37)/t24-,25-,30?/m0/s1. The van der Waals surface area contributed by atoms with Crippen LogP contribution in [0, 0.1) is 0 Å². The van der Waals surface area contributed by atoms with Crippen LogP contribution >= 0.6 is 0 Å². The molecule has 8 nitrogen and oxygen atoms in total. The number of carboxylic acids is 1. The van der Waals surface area contributed by atoms with Gasteiger partial charge in [-0.05, 0) is 56.6 Å². The van der Waals surface area contributed by atoms with E-state index in [0.717, 1.165) is 18.4 Å². The summed E-state index contributed by atoms with van der Waals surface area (Å²) in [5.41, 5.74) is 0.684. The molecule has 2 aromatic carbocycles. The molecular weight excluding hydrogens is 482 g/mol. The second-order valence-electron chi connectivity index (χ2n) is 10.6. The summed E-state index contributed by atoms with van der Waals surface area (Å²) in [6.07, 6.45) is 4.32. The van der Waals surface area contributed by atoms with E-state index in [2.05, 4.69) is 5.32 Å². The Morgan fingerprint density at radius 3 is 2.08 bits per heavy atom. The lowest BCUT2D eigenvalue weighted by atomic mass is 9.90. The molecule has 2 aliphatic heterocycles. The first-order chi connectivity index (χ1) is 18.3. The Labute approximate surface area is 224 Å². The summed E-state index contributed by atoms with van der Waals surface area (Å²) >= 11 is 0. The van der Waals surface area contributed by atoms with Crippen molar-refractivity contribution in [2.24, 2.45) is 0 Å². The van der Waals surface area contributed by atoms with E-state index in [1.807, 2.05) is 60.7 Å². The third kappa shape index (κ3) is 6.41. The molecule has 202 valence electrons. The number of aliphatic carboxylic acids is 1. The van der Waals surface area contributed by atoms with Crippen molar-refractivity contribution in [1.82, 2.24) is 15.1 Å². The van der Waals surface area contributed by atoms with E-state index in [9.17, 15) is 24.3 Å². The van der Waals surface area contributed by atoms with Gasteiger partial charge in [0, 0.05) is 25.9 Å². The third-order valence-electron chi connectivity index (χ3n) is 7.65. The predicted molar refractivity (Wildman–Crippen MR) is 143 cm³/mol. The monoisotopic (exact) mass is 519 g/mol. The highest BCUT2D eigenvalue weighted by molar-refractivity contribution is 5.96. The van der Waals surface area contributed by atoms with Crippen LogP contribution in [0.3, 0.4) is 0 Å². The van der Waals surface area contributed by atoms with Gasteiger partial charge in [-0.15, -0.1) is 0 Å². The number of carboxylic acid groups (broad SMARTS) is 1. The fraction of sp³-hybridized carbons (Fsp3) is 0.467. The molecule has 8 heteroatoms. The van der Waals surface area contributed by atoms with Gasteiger partial charge in [-0.2, -0.15) is 0 Å². The molecule has 3 amide bonds. The molecule has 3 atom stereocenters. The van der Waals surface area contributed by atoms with E-state index >= 15 is 0 Å². The molecule has 2 heterocycles. The van der Waals surface area contributed by atoms with Crippen molar-refractivity contribution in [3.05, 3.63) is 71.8 Å². The minimum Gasteiger partial charge on any atom is -0.480 e. The van der Waals surface area contributed by atoms with E-state index in [4.69, 9.17) is 0 Å². The molecule has 4 rings (SSSR count). The van der Waals surface area contributed by atoms with Gasteiger partial charge in [-0.25, -0.2) is 4.79 Å². The Morgan fingerprint density at radius 2 is 1.45 bits per heavy atom. The zero-order valence-electron chi connectivity index (χ0n) is 22.0. The van der Waals surface area contributed by atoms with Crippen LogP contribution in [-0.4, -0.2) is 69.3 Å². The quantitative estimate of drug-likeness (QED) is 0.501. The normalized spacial score (nSPS) is 20.7. The maximum Gasteiger partial charge on any atom is 0.326 e. The average molecular weight is 520 g/mol. The topological polar surface area (TPSA) is 107 Å². The Bertz CT molecular complexity index is 1140. The number of aryl methyl sites for hydroxylation is 1. The van der Waals surface area contributed by atoms with Crippen LogP contribution in [0.15, 0.2) is 60.7 Å². The van der Waals surface area contributed by atoms with Gasteiger partial charge in [0.05, 0.1) is 0 Å². The van der Waals surface area contributed by atoms with E-state index in [0.29, 0.717) is 45.2 Å². The van der Waals surface area contributed by atoms with E-state index in [1.165, 1.54) is 10.5 Å². The van der Waals surface area contributed by atoms with Crippen LogP contribution in [-0.2, 0) is 32.0 Å². The molecule has 2 saturated heterocycles. The minimum absolute atomic E-state index is 0.0554. The number of hydrogen-bond donors (Lipinski definition) is 2. The highest BCUT2D eigenvalue weighted by Crippen LogP contribution is 2.26. The predicted octanol–water partition coefficient (Wildman–Crippen LogP) is 3.19. The third-order valence-corrected chi connectivity index (χ3v) is 7.65. The molecule has 0 bridgehead atoms. The van der Waals surface area contributed by atoms with Crippen molar-refractivity contribution in [2.45, 2.75) is 75.9 Å². The Balaban J connectivity index is 1.46. The molecule has 38 heavy (non-hydrogen) atoms. The van der Waals surface area contributed by atoms with Crippen LogP contribution < -0.4 is 5.32 Å². The lowest BCUT2D eigenvalue weighted by Crippen LogP contribution is -2.63. The number of rotatable bonds is 10. The summed E-state index contributed by atoms with van der Waals surface area (Å²) in [5.74, 6) is -1.86. The molecule has 2 aliphatic rings. The maximum atomic E-state index is 13.8. The van der Waals surface area contributed by atoms with Crippen molar-refractivity contribution < 1.29 is 24.3 Å². The lowest BCUT2D eigenvalue weighted by Gasteiger charge is -2.37. The van der Waals surface area contributed by atoms with E-state index in [-0.39, 0.29) is 18.2 Å². The number of likely N-dealkylation sites (tertiary alicyclic amines) is 2. The fourth-order valence-electron chi connectivity index (χ4n) is 5.69. The van der Waals surface area contributed by atoms with E-state index in [1.54, 1.807) is 11.8 Å². The molecule has 0 aromatic heterocycles. The molecule has 2 fully saturated rings. The molecule has 0 radical (unpaired) electrons. The number of benzene rings is 2. The first kappa shape index (κ1) is 27.4. The zero-order valence-corrected chi connectivity index (χ0v) is 22.0. The van der Waals surface area contributed by atoms with Crippen LogP contribution in [0.1, 0.15) is 56.6 Å². The summed E-state index contributed by atoms with van der Waals surface area (Å²) in [6, 6.07) is 17.8. The van der Waals surface area contributed by atoms with E-state index < -0.39 is 29.5 Å². The number of hydrogen-bond acceptors (Lipinski definition) is 4. The van der Waals surface area contributed by atoms with Crippen LogP contribution in [0.25, 0.3) is 0 Å². The largest absolute Gasteiger partial charge is 0.480 e. The van der Waals surface area contributed by atoms with Crippen molar-refractivity contribution in [1.29, 1.82) is 0 Å². The Morgan fingerprint density at radius 1 is 0.868 bits per heavy atom. The van der Waals surface area contributed by atoms with Crippen LogP contribution in [0.5, 0.6) is 0 Å².